The highest BCUT2D eigenvalue weighted by Crippen LogP contribution is 2.27. The SMILES string of the molecule is CC(C)C=C(C(C)C)C(C)C.CC(C)CC(C(C)C)C(C)C. The molecule has 0 aromatic heterocycles. The summed E-state index contributed by atoms with van der Waals surface area (Å²) in [6.07, 6.45) is 3.78. The molecule has 0 saturated carbocycles. The van der Waals surface area contributed by atoms with E-state index >= 15 is 0 Å². The molecule has 0 radical (unpaired) electrons. The molecule has 0 unspecified atom stereocenters. The van der Waals surface area contributed by atoms with Crippen LogP contribution in [0.15, 0.2) is 11.6 Å². The van der Waals surface area contributed by atoms with E-state index < -0.39 is 0 Å². The van der Waals surface area contributed by atoms with Gasteiger partial charge in [-0.3, -0.25) is 0 Å². The van der Waals surface area contributed by atoms with Crippen LogP contribution in [0.5, 0.6) is 0 Å². The molecule has 0 heteroatoms. The van der Waals surface area contributed by atoms with Crippen LogP contribution >= 0.6 is 0 Å². The van der Waals surface area contributed by atoms with Gasteiger partial charge < -0.3 is 0 Å². The first kappa shape index (κ1) is 24.0. The molecule has 134 valence electrons. The Kier molecular flexibility index (Phi) is 13.3. The van der Waals surface area contributed by atoms with Crippen molar-refractivity contribution in [2.45, 2.75) is 89.5 Å². The lowest BCUT2D eigenvalue weighted by Gasteiger charge is -2.26. The predicted molar refractivity (Wildman–Crippen MR) is 105 cm³/mol. The van der Waals surface area contributed by atoms with Crippen molar-refractivity contribution in [3.8, 4) is 0 Å². The first-order valence-electron chi connectivity index (χ1n) is 9.61. The third-order valence-electron chi connectivity index (χ3n) is 4.32. The quantitative estimate of drug-likeness (QED) is 0.420. The Morgan fingerprint density at radius 2 is 1.00 bits per heavy atom. The van der Waals surface area contributed by atoms with Crippen molar-refractivity contribution >= 4 is 0 Å². The summed E-state index contributed by atoms with van der Waals surface area (Å²) in [7, 11) is 0. The van der Waals surface area contributed by atoms with Gasteiger partial charge in [-0.2, -0.15) is 0 Å². The number of rotatable bonds is 7. The highest BCUT2D eigenvalue weighted by atomic mass is 14.2. The molecule has 0 aromatic carbocycles. The Morgan fingerprint density at radius 1 is 0.636 bits per heavy atom. The largest absolute Gasteiger partial charge is 0.0822 e. The highest BCUT2D eigenvalue weighted by Gasteiger charge is 2.18. The zero-order valence-electron chi connectivity index (χ0n) is 17.8. The van der Waals surface area contributed by atoms with Crippen molar-refractivity contribution in [3.05, 3.63) is 11.6 Å². The van der Waals surface area contributed by atoms with Crippen LogP contribution in [-0.2, 0) is 0 Å². The van der Waals surface area contributed by atoms with E-state index in [1.165, 1.54) is 6.42 Å². The lowest BCUT2D eigenvalue weighted by molar-refractivity contribution is 0.241. The van der Waals surface area contributed by atoms with Gasteiger partial charge >= 0.3 is 0 Å². The molecular formula is C22H46. The molecule has 0 rings (SSSR count). The fourth-order valence-corrected chi connectivity index (χ4v) is 3.29. The van der Waals surface area contributed by atoms with E-state index in [2.05, 4.69) is 89.2 Å². The van der Waals surface area contributed by atoms with Gasteiger partial charge in [0.2, 0.25) is 0 Å². The summed E-state index contributed by atoms with van der Waals surface area (Å²) in [5.41, 5.74) is 1.60. The van der Waals surface area contributed by atoms with Crippen LogP contribution in [0.3, 0.4) is 0 Å². The standard InChI is InChI=1S/C11H24.C11H22/c2*1-8(2)7-11(9(3)4)10(5)6/h8-11H,7H2,1-6H3;7-10H,1-6H3. The van der Waals surface area contributed by atoms with Crippen molar-refractivity contribution in [1.29, 1.82) is 0 Å². The highest BCUT2D eigenvalue weighted by molar-refractivity contribution is 5.08. The molecule has 22 heavy (non-hydrogen) atoms. The van der Waals surface area contributed by atoms with E-state index in [1.807, 2.05) is 0 Å². The molecule has 0 fully saturated rings. The zero-order valence-corrected chi connectivity index (χ0v) is 17.8. The molecule has 0 saturated heterocycles. The summed E-state index contributed by atoms with van der Waals surface area (Å²) in [5.74, 6) is 5.55. The number of hydrogen-bond donors (Lipinski definition) is 0. The second-order valence-corrected chi connectivity index (χ2v) is 9.00. The molecule has 0 aromatic rings. The second kappa shape index (κ2) is 12.2. The van der Waals surface area contributed by atoms with Gasteiger partial charge in [-0.15, -0.1) is 0 Å². The fraction of sp³-hybridized carbons (Fsp3) is 0.909. The minimum Gasteiger partial charge on any atom is -0.0822 e. The number of allylic oxidation sites excluding steroid dienone is 2. The van der Waals surface area contributed by atoms with E-state index in [9.17, 15) is 0 Å². The van der Waals surface area contributed by atoms with Crippen molar-refractivity contribution < 1.29 is 0 Å². The van der Waals surface area contributed by atoms with Crippen LogP contribution < -0.4 is 0 Å². The summed E-state index contributed by atoms with van der Waals surface area (Å²) in [6.45, 7) is 27.6. The van der Waals surface area contributed by atoms with Crippen LogP contribution in [0.1, 0.15) is 89.5 Å². The maximum atomic E-state index is 2.40. The Bertz CT molecular complexity index is 258. The smallest absolute Gasteiger partial charge is 0.0257 e. The molecule has 0 heterocycles. The van der Waals surface area contributed by atoms with Crippen LogP contribution in [0, 0.1) is 41.4 Å². The molecule has 0 atom stereocenters. The van der Waals surface area contributed by atoms with E-state index in [1.54, 1.807) is 5.57 Å². The zero-order chi connectivity index (χ0) is 18.0. The molecule has 0 amide bonds. The van der Waals surface area contributed by atoms with Crippen LogP contribution in [0.2, 0.25) is 0 Å². The van der Waals surface area contributed by atoms with Crippen molar-refractivity contribution in [3.63, 3.8) is 0 Å². The fourth-order valence-electron chi connectivity index (χ4n) is 3.29. The average Bonchev–Trinajstić information content (AvgIpc) is 2.32. The lowest BCUT2D eigenvalue weighted by Crippen LogP contribution is -2.17. The lowest BCUT2D eigenvalue weighted by atomic mass is 9.80. The summed E-state index contributed by atoms with van der Waals surface area (Å²) in [4.78, 5) is 0. The Balaban J connectivity index is 0. The second-order valence-electron chi connectivity index (χ2n) is 9.00. The van der Waals surface area contributed by atoms with Gasteiger partial charge in [0, 0.05) is 0 Å². The first-order chi connectivity index (χ1) is 9.89. The van der Waals surface area contributed by atoms with Crippen molar-refractivity contribution in [1.82, 2.24) is 0 Å². The molecule has 0 N–H and O–H groups in total. The van der Waals surface area contributed by atoms with E-state index in [-0.39, 0.29) is 0 Å². The Labute approximate surface area is 143 Å². The maximum Gasteiger partial charge on any atom is -0.0257 e. The average molecular weight is 311 g/mol. The van der Waals surface area contributed by atoms with Crippen LogP contribution in [0.4, 0.5) is 0 Å². The summed E-state index contributed by atoms with van der Waals surface area (Å²) < 4.78 is 0. The van der Waals surface area contributed by atoms with Crippen LogP contribution in [-0.4, -0.2) is 0 Å². The Hall–Kier alpha value is -0.260. The molecule has 0 aliphatic carbocycles. The Morgan fingerprint density at radius 3 is 1.09 bits per heavy atom. The summed E-state index contributed by atoms with van der Waals surface area (Å²) in [5, 5.41) is 0. The topological polar surface area (TPSA) is 0 Å². The maximum absolute atomic E-state index is 2.40. The van der Waals surface area contributed by atoms with E-state index in [0.717, 1.165) is 23.7 Å². The molecule has 0 bridgehead atoms. The van der Waals surface area contributed by atoms with Crippen LogP contribution in [0.25, 0.3) is 0 Å². The van der Waals surface area contributed by atoms with Gasteiger partial charge in [0.15, 0.2) is 0 Å². The van der Waals surface area contributed by atoms with Gasteiger partial charge in [0.25, 0.3) is 0 Å². The molecule has 0 nitrogen and oxygen atoms in total. The molecule has 0 aliphatic rings. The van der Waals surface area contributed by atoms with Gasteiger partial charge in [0.1, 0.15) is 0 Å². The van der Waals surface area contributed by atoms with Gasteiger partial charge in [0.05, 0.1) is 0 Å². The summed E-state index contributed by atoms with van der Waals surface area (Å²) >= 11 is 0. The monoisotopic (exact) mass is 310 g/mol. The van der Waals surface area contributed by atoms with E-state index in [4.69, 9.17) is 0 Å². The van der Waals surface area contributed by atoms with Gasteiger partial charge in [-0.25, -0.2) is 0 Å². The predicted octanol–water partition coefficient (Wildman–Crippen LogP) is 7.84. The normalized spacial score (nSPS) is 12.0. The summed E-state index contributed by atoms with van der Waals surface area (Å²) in [6, 6.07) is 0. The molecular weight excluding hydrogens is 264 g/mol. The van der Waals surface area contributed by atoms with Crippen molar-refractivity contribution in [2.75, 3.05) is 0 Å². The minimum absolute atomic E-state index is 0.690. The third-order valence-corrected chi connectivity index (χ3v) is 4.32. The minimum atomic E-state index is 0.690. The molecule has 0 aliphatic heterocycles. The third kappa shape index (κ3) is 12.3. The van der Waals surface area contributed by atoms with Gasteiger partial charge in [-0.1, -0.05) is 94.7 Å². The first-order valence-corrected chi connectivity index (χ1v) is 9.61. The number of hydrogen-bond acceptors (Lipinski definition) is 0. The van der Waals surface area contributed by atoms with Gasteiger partial charge in [-0.05, 0) is 47.8 Å². The van der Waals surface area contributed by atoms with E-state index in [0.29, 0.717) is 17.8 Å². The van der Waals surface area contributed by atoms with Crippen molar-refractivity contribution in [2.24, 2.45) is 41.4 Å². The molecule has 0 spiro atoms.